The molecule has 0 unspecified atom stereocenters. The van der Waals surface area contributed by atoms with E-state index in [-0.39, 0.29) is 0 Å². The molecule has 0 aliphatic heterocycles. The summed E-state index contributed by atoms with van der Waals surface area (Å²) >= 11 is 13.5. The first-order valence-electron chi connectivity index (χ1n) is 5.51. The van der Waals surface area contributed by atoms with Crippen LogP contribution in [0, 0.1) is 0 Å². The molecule has 0 amide bonds. The van der Waals surface area contributed by atoms with Gasteiger partial charge in [-0.25, -0.2) is 0 Å². The van der Waals surface area contributed by atoms with Gasteiger partial charge >= 0.3 is 0 Å². The van der Waals surface area contributed by atoms with E-state index in [1.54, 1.807) is 6.07 Å². The zero-order valence-corrected chi connectivity index (χ0v) is 12.0. The maximum Gasteiger partial charge on any atom is 0.0426 e. The molecule has 1 nitrogen and oxygen atoms in total. The first-order valence-corrected chi connectivity index (χ1v) is 7.42. The van der Waals surface area contributed by atoms with E-state index in [1.807, 2.05) is 48.2 Å². The number of hydrogen-bond acceptors (Lipinski definition) is 2. The highest BCUT2D eigenvalue weighted by Crippen LogP contribution is 2.24. The second-order valence-electron chi connectivity index (χ2n) is 3.96. The molecule has 0 radical (unpaired) electrons. The van der Waals surface area contributed by atoms with Crippen LogP contribution in [0.2, 0.25) is 10.0 Å². The zero-order valence-electron chi connectivity index (χ0n) is 9.70. The topological polar surface area (TPSA) is 26.0 Å². The van der Waals surface area contributed by atoms with Crippen LogP contribution in [0.5, 0.6) is 0 Å². The predicted molar refractivity (Wildman–Crippen MR) is 82.3 cm³/mol. The van der Waals surface area contributed by atoms with Gasteiger partial charge in [-0.2, -0.15) is 11.8 Å². The highest BCUT2D eigenvalue weighted by atomic mass is 35.5. The maximum atomic E-state index is 5.91. The van der Waals surface area contributed by atoms with E-state index in [4.69, 9.17) is 28.9 Å². The third kappa shape index (κ3) is 3.84. The van der Waals surface area contributed by atoms with Gasteiger partial charge < -0.3 is 5.73 Å². The SMILES string of the molecule is Nc1cc(Cl)ccc1CSCc1ccc(Cl)cc1. The number of nitrogens with two attached hydrogens (primary N) is 1. The summed E-state index contributed by atoms with van der Waals surface area (Å²) in [6.07, 6.45) is 0. The molecule has 94 valence electrons. The molecule has 0 saturated heterocycles. The Morgan fingerprint density at radius 3 is 2.22 bits per heavy atom. The summed E-state index contributed by atoms with van der Waals surface area (Å²) in [7, 11) is 0. The predicted octanol–water partition coefficient (Wildman–Crippen LogP) is 5.01. The fourth-order valence-electron chi connectivity index (χ4n) is 1.56. The summed E-state index contributed by atoms with van der Waals surface area (Å²) in [5, 5.41) is 1.45. The molecule has 18 heavy (non-hydrogen) atoms. The Morgan fingerprint density at radius 2 is 1.56 bits per heavy atom. The zero-order chi connectivity index (χ0) is 13.0. The van der Waals surface area contributed by atoms with E-state index in [0.717, 1.165) is 27.8 Å². The van der Waals surface area contributed by atoms with Gasteiger partial charge in [0.15, 0.2) is 0 Å². The molecular formula is C14H13Cl2NS. The molecular weight excluding hydrogens is 285 g/mol. The molecule has 0 atom stereocenters. The van der Waals surface area contributed by atoms with E-state index in [9.17, 15) is 0 Å². The summed E-state index contributed by atoms with van der Waals surface area (Å²) in [4.78, 5) is 0. The van der Waals surface area contributed by atoms with Gasteiger partial charge in [0, 0.05) is 27.2 Å². The van der Waals surface area contributed by atoms with Crippen LogP contribution in [0.25, 0.3) is 0 Å². The molecule has 2 aromatic carbocycles. The van der Waals surface area contributed by atoms with Crippen molar-refractivity contribution >= 4 is 40.7 Å². The van der Waals surface area contributed by atoms with Gasteiger partial charge in [-0.3, -0.25) is 0 Å². The van der Waals surface area contributed by atoms with Crippen molar-refractivity contribution in [2.45, 2.75) is 11.5 Å². The van der Waals surface area contributed by atoms with E-state index < -0.39 is 0 Å². The third-order valence-electron chi connectivity index (χ3n) is 2.55. The Hall–Kier alpha value is -0.830. The highest BCUT2D eigenvalue weighted by molar-refractivity contribution is 7.97. The lowest BCUT2D eigenvalue weighted by molar-refractivity contribution is 1.37. The van der Waals surface area contributed by atoms with Crippen molar-refractivity contribution in [3.63, 3.8) is 0 Å². The summed E-state index contributed by atoms with van der Waals surface area (Å²) in [6, 6.07) is 13.5. The van der Waals surface area contributed by atoms with E-state index in [2.05, 4.69) is 0 Å². The minimum Gasteiger partial charge on any atom is -0.398 e. The Labute approximate surface area is 121 Å². The van der Waals surface area contributed by atoms with Crippen LogP contribution >= 0.6 is 35.0 Å². The fourth-order valence-corrected chi connectivity index (χ4v) is 2.88. The summed E-state index contributed by atoms with van der Waals surface area (Å²) < 4.78 is 0. The number of thioether (sulfide) groups is 1. The van der Waals surface area contributed by atoms with Crippen LogP contribution in [-0.4, -0.2) is 0 Å². The van der Waals surface area contributed by atoms with Gasteiger partial charge in [0.25, 0.3) is 0 Å². The van der Waals surface area contributed by atoms with E-state index >= 15 is 0 Å². The van der Waals surface area contributed by atoms with Crippen molar-refractivity contribution in [3.8, 4) is 0 Å². The van der Waals surface area contributed by atoms with Gasteiger partial charge in [-0.15, -0.1) is 0 Å². The van der Waals surface area contributed by atoms with Crippen LogP contribution in [0.15, 0.2) is 42.5 Å². The Morgan fingerprint density at radius 1 is 0.889 bits per heavy atom. The summed E-state index contributed by atoms with van der Waals surface area (Å²) in [5.41, 5.74) is 9.05. The summed E-state index contributed by atoms with van der Waals surface area (Å²) in [6.45, 7) is 0. The Balaban J connectivity index is 1.90. The second kappa shape index (κ2) is 6.37. The monoisotopic (exact) mass is 297 g/mol. The van der Waals surface area contributed by atoms with Crippen molar-refractivity contribution in [3.05, 3.63) is 63.6 Å². The van der Waals surface area contributed by atoms with Gasteiger partial charge in [-0.1, -0.05) is 41.4 Å². The molecule has 0 aromatic heterocycles. The number of halogens is 2. The normalized spacial score (nSPS) is 10.6. The third-order valence-corrected chi connectivity index (χ3v) is 4.09. The standard InChI is InChI=1S/C14H13Cl2NS/c15-12-4-1-10(2-5-12)8-18-9-11-3-6-13(16)7-14(11)17/h1-7H,8-9,17H2. The van der Waals surface area contributed by atoms with Gasteiger partial charge in [0.05, 0.1) is 0 Å². The van der Waals surface area contributed by atoms with Crippen LogP contribution < -0.4 is 5.73 Å². The number of benzene rings is 2. The van der Waals surface area contributed by atoms with Crippen molar-refractivity contribution in [1.82, 2.24) is 0 Å². The molecule has 0 saturated carbocycles. The average molecular weight is 298 g/mol. The van der Waals surface area contributed by atoms with Crippen molar-refractivity contribution in [1.29, 1.82) is 0 Å². The molecule has 0 aliphatic carbocycles. The fraction of sp³-hybridized carbons (Fsp3) is 0.143. The molecule has 0 spiro atoms. The van der Waals surface area contributed by atoms with Crippen molar-refractivity contribution in [2.75, 3.05) is 5.73 Å². The molecule has 0 fully saturated rings. The smallest absolute Gasteiger partial charge is 0.0426 e. The lowest BCUT2D eigenvalue weighted by Gasteiger charge is -2.06. The largest absolute Gasteiger partial charge is 0.398 e. The highest BCUT2D eigenvalue weighted by Gasteiger charge is 2.01. The quantitative estimate of drug-likeness (QED) is 0.803. The second-order valence-corrected chi connectivity index (χ2v) is 5.82. The molecule has 4 heteroatoms. The van der Waals surface area contributed by atoms with Gasteiger partial charge in [-0.05, 0) is 35.4 Å². The molecule has 0 bridgehead atoms. The molecule has 2 rings (SSSR count). The first kappa shape index (κ1) is 13.6. The van der Waals surface area contributed by atoms with Crippen molar-refractivity contribution < 1.29 is 0 Å². The van der Waals surface area contributed by atoms with E-state index in [0.29, 0.717) is 5.02 Å². The molecule has 2 N–H and O–H groups in total. The van der Waals surface area contributed by atoms with Crippen LogP contribution in [0.3, 0.4) is 0 Å². The molecule has 2 aromatic rings. The Bertz CT molecular complexity index is 526. The lowest BCUT2D eigenvalue weighted by atomic mass is 10.2. The van der Waals surface area contributed by atoms with Gasteiger partial charge in [0.2, 0.25) is 0 Å². The molecule has 0 aliphatic rings. The first-order chi connectivity index (χ1) is 8.65. The van der Waals surface area contributed by atoms with Crippen LogP contribution in [0.1, 0.15) is 11.1 Å². The van der Waals surface area contributed by atoms with Crippen LogP contribution in [-0.2, 0) is 11.5 Å². The molecule has 0 heterocycles. The number of rotatable bonds is 4. The number of nitrogen functional groups attached to an aromatic ring is 1. The van der Waals surface area contributed by atoms with Crippen molar-refractivity contribution in [2.24, 2.45) is 0 Å². The lowest BCUT2D eigenvalue weighted by Crippen LogP contribution is -1.92. The average Bonchev–Trinajstić information content (AvgIpc) is 2.34. The number of hydrogen-bond donors (Lipinski definition) is 1. The van der Waals surface area contributed by atoms with E-state index in [1.165, 1.54) is 5.56 Å². The minimum absolute atomic E-state index is 0.680. The maximum absolute atomic E-state index is 5.91. The van der Waals surface area contributed by atoms with Gasteiger partial charge in [0.1, 0.15) is 0 Å². The summed E-state index contributed by atoms with van der Waals surface area (Å²) in [5.74, 6) is 1.82. The minimum atomic E-state index is 0.680. The number of anilines is 1. The Kier molecular flexibility index (Phi) is 4.81. The van der Waals surface area contributed by atoms with Crippen LogP contribution in [0.4, 0.5) is 5.69 Å².